The average Bonchev–Trinajstić information content (AvgIpc) is 2.24. The van der Waals surface area contributed by atoms with Crippen molar-refractivity contribution in [1.82, 2.24) is 0 Å². The Kier molecular flexibility index (Phi) is 4.51. The number of hydrogen-bond donors (Lipinski definition) is 2. The minimum absolute atomic E-state index is 0.272. The first kappa shape index (κ1) is 14.0. The van der Waals surface area contributed by atoms with Gasteiger partial charge < -0.3 is 10.4 Å². The van der Waals surface area contributed by atoms with Crippen molar-refractivity contribution in [2.24, 2.45) is 5.92 Å². The number of hydrogen-bond acceptors (Lipinski definition) is 2. The Bertz CT molecular complexity index is 437. The van der Waals surface area contributed by atoms with E-state index in [1.165, 1.54) is 6.07 Å². The molecule has 2 atom stereocenters. The number of anilines is 1. The van der Waals surface area contributed by atoms with Crippen LogP contribution in [0.2, 0.25) is 0 Å². The molecule has 0 saturated carbocycles. The molecule has 2 unspecified atom stereocenters. The molecule has 1 rings (SSSR count). The third-order valence-corrected chi connectivity index (χ3v) is 3.40. The first-order valence-corrected chi connectivity index (χ1v) is 6.07. The van der Waals surface area contributed by atoms with Gasteiger partial charge in [0.25, 0.3) is 0 Å². The van der Waals surface area contributed by atoms with Gasteiger partial charge in [0.05, 0.1) is 10.4 Å². The van der Waals surface area contributed by atoms with E-state index >= 15 is 0 Å². The second-order valence-corrected chi connectivity index (χ2v) is 5.00. The fourth-order valence-electron chi connectivity index (χ4n) is 1.39. The number of benzene rings is 1. The summed E-state index contributed by atoms with van der Waals surface area (Å²) in [6, 6.07) is 2.76. The smallest absolute Gasteiger partial charge is 0.308 e. The highest BCUT2D eigenvalue weighted by Crippen LogP contribution is 2.25. The van der Waals surface area contributed by atoms with Crippen LogP contribution in [0.1, 0.15) is 19.4 Å². The highest BCUT2D eigenvalue weighted by atomic mass is 79.9. The number of aliphatic carboxylic acids is 1. The Balaban J connectivity index is 2.88. The maximum absolute atomic E-state index is 13.4. The van der Waals surface area contributed by atoms with Crippen LogP contribution in [0.3, 0.4) is 0 Å². The van der Waals surface area contributed by atoms with Crippen molar-refractivity contribution in [1.29, 1.82) is 0 Å². The minimum atomic E-state index is -0.875. The number of rotatable bonds is 4. The molecule has 0 spiro atoms. The van der Waals surface area contributed by atoms with Crippen LogP contribution >= 0.6 is 15.9 Å². The summed E-state index contributed by atoms with van der Waals surface area (Å²) in [7, 11) is 0. The zero-order valence-corrected chi connectivity index (χ0v) is 11.5. The third-order valence-electron chi connectivity index (χ3n) is 2.79. The Hall–Kier alpha value is -1.10. The standard InChI is InChI=1S/C12H15BrFNO2/c1-6-4-9(13)10(14)5-11(6)15-8(3)7(2)12(16)17/h4-5,7-8,15H,1-3H3,(H,16,17). The fraction of sp³-hybridized carbons (Fsp3) is 0.417. The predicted molar refractivity (Wildman–Crippen MR) is 68.7 cm³/mol. The van der Waals surface area contributed by atoms with Crippen molar-refractivity contribution in [3.8, 4) is 0 Å². The molecule has 0 heterocycles. The van der Waals surface area contributed by atoms with Gasteiger partial charge in [-0.15, -0.1) is 0 Å². The van der Waals surface area contributed by atoms with E-state index in [4.69, 9.17) is 5.11 Å². The summed E-state index contributed by atoms with van der Waals surface area (Å²) in [5, 5.41) is 11.9. The Morgan fingerprint density at radius 2 is 2.06 bits per heavy atom. The molecule has 0 aliphatic carbocycles. The van der Waals surface area contributed by atoms with Gasteiger partial charge in [0.15, 0.2) is 0 Å². The van der Waals surface area contributed by atoms with Gasteiger partial charge in [-0.25, -0.2) is 4.39 Å². The van der Waals surface area contributed by atoms with E-state index in [1.807, 2.05) is 6.92 Å². The molecule has 0 aliphatic rings. The quantitative estimate of drug-likeness (QED) is 0.896. The number of carbonyl (C=O) groups is 1. The van der Waals surface area contributed by atoms with E-state index in [0.29, 0.717) is 10.2 Å². The second-order valence-electron chi connectivity index (χ2n) is 4.14. The molecular weight excluding hydrogens is 289 g/mol. The Labute approximate surface area is 108 Å². The summed E-state index contributed by atoms with van der Waals surface area (Å²) in [5.74, 6) is -1.78. The fourth-order valence-corrected chi connectivity index (χ4v) is 1.84. The number of carboxylic acids is 1. The average molecular weight is 304 g/mol. The third kappa shape index (κ3) is 3.43. The zero-order chi connectivity index (χ0) is 13.2. The van der Waals surface area contributed by atoms with Crippen LogP contribution in [0, 0.1) is 18.7 Å². The van der Waals surface area contributed by atoms with E-state index < -0.39 is 11.9 Å². The number of carboxylic acid groups (broad SMARTS) is 1. The summed E-state index contributed by atoms with van der Waals surface area (Å²) in [5.41, 5.74) is 1.48. The normalized spacial score (nSPS) is 14.2. The van der Waals surface area contributed by atoms with Crippen molar-refractivity contribution in [2.75, 3.05) is 5.32 Å². The van der Waals surface area contributed by atoms with Gasteiger partial charge in [-0.05, 0) is 54.4 Å². The van der Waals surface area contributed by atoms with Gasteiger partial charge in [0.2, 0.25) is 0 Å². The lowest BCUT2D eigenvalue weighted by Crippen LogP contribution is -2.30. The van der Waals surface area contributed by atoms with Crippen LogP contribution in [0.4, 0.5) is 10.1 Å². The lowest BCUT2D eigenvalue weighted by Gasteiger charge is -2.20. The second kappa shape index (κ2) is 5.49. The van der Waals surface area contributed by atoms with Gasteiger partial charge in [-0.1, -0.05) is 0 Å². The molecule has 94 valence electrons. The van der Waals surface area contributed by atoms with Crippen molar-refractivity contribution < 1.29 is 14.3 Å². The Morgan fingerprint density at radius 1 is 1.47 bits per heavy atom. The molecule has 2 N–H and O–H groups in total. The maximum Gasteiger partial charge on any atom is 0.308 e. The molecule has 0 aliphatic heterocycles. The highest BCUT2D eigenvalue weighted by Gasteiger charge is 2.19. The zero-order valence-electron chi connectivity index (χ0n) is 9.92. The van der Waals surface area contributed by atoms with Gasteiger partial charge in [-0.2, -0.15) is 0 Å². The molecule has 0 bridgehead atoms. The summed E-state index contributed by atoms with van der Waals surface area (Å²) >= 11 is 3.10. The molecular formula is C12H15BrFNO2. The largest absolute Gasteiger partial charge is 0.481 e. The van der Waals surface area contributed by atoms with Gasteiger partial charge in [0, 0.05) is 11.7 Å². The van der Waals surface area contributed by atoms with Crippen LogP contribution in [0.25, 0.3) is 0 Å². The van der Waals surface area contributed by atoms with Gasteiger partial charge >= 0.3 is 5.97 Å². The van der Waals surface area contributed by atoms with Crippen LogP contribution in [-0.2, 0) is 4.79 Å². The molecule has 1 aromatic carbocycles. The van der Waals surface area contributed by atoms with Crippen LogP contribution in [0.15, 0.2) is 16.6 Å². The lowest BCUT2D eigenvalue weighted by atomic mass is 10.0. The SMILES string of the molecule is Cc1cc(Br)c(F)cc1NC(C)C(C)C(=O)O. The van der Waals surface area contributed by atoms with E-state index in [2.05, 4.69) is 21.2 Å². The molecule has 17 heavy (non-hydrogen) atoms. The van der Waals surface area contributed by atoms with Crippen LogP contribution < -0.4 is 5.32 Å². The minimum Gasteiger partial charge on any atom is -0.481 e. The van der Waals surface area contributed by atoms with E-state index in [0.717, 1.165) is 5.56 Å². The van der Waals surface area contributed by atoms with E-state index in [9.17, 15) is 9.18 Å². The van der Waals surface area contributed by atoms with Crippen molar-refractivity contribution in [3.63, 3.8) is 0 Å². The molecule has 0 fully saturated rings. The topological polar surface area (TPSA) is 49.3 Å². The van der Waals surface area contributed by atoms with E-state index in [-0.39, 0.29) is 11.9 Å². The summed E-state index contributed by atoms with van der Waals surface area (Å²) in [4.78, 5) is 10.8. The molecule has 5 heteroatoms. The summed E-state index contributed by atoms with van der Waals surface area (Å²) < 4.78 is 13.8. The maximum atomic E-state index is 13.4. The molecule has 1 aromatic rings. The predicted octanol–water partition coefficient (Wildman–Crippen LogP) is 3.42. The molecule has 0 radical (unpaired) electrons. The highest BCUT2D eigenvalue weighted by molar-refractivity contribution is 9.10. The first-order valence-electron chi connectivity index (χ1n) is 5.28. The molecule has 0 amide bonds. The number of halogens is 2. The molecule has 0 aromatic heterocycles. The van der Waals surface area contributed by atoms with Crippen molar-refractivity contribution in [3.05, 3.63) is 28.0 Å². The van der Waals surface area contributed by atoms with Crippen molar-refractivity contribution in [2.45, 2.75) is 26.8 Å². The van der Waals surface area contributed by atoms with Gasteiger partial charge in [0.1, 0.15) is 5.82 Å². The summed E-state index contributed by atoms with van der Waals surface area (Å²) in [6.45, 7) is 5.22. The van der Waals surface area contributed by atoms with Crippen LogP contribution in [-0.4, -0.2) is 17.1 Å². The van der Waals surface area contributed by atoms with E-state index in [1.54, 1.807) is 19.9 Å². The molecule has 3 nitrogen and oxygen atoms in total. The number of aryl methyl sites for hydroxylation is 1. The van der Waals surface area contributed by atoms with Crippen molar-refractivity contribution >= 4 is 27.6 Å². The summed E-state index contributed by atoms with van der Waals surface area (Å²) in [6.07, 6.45) is 0. The molecule has 0 saturated heterocycles. The lowest BCUT2D eigenvalue weighted by molar-refractivity contribution is -0.141. The first-order chi connectivity index (χ1) is 7.82. The number of nitrogens with one attached hydrogen (secondary N) is 1. The Morgan fingerprint density at radius 3 is 2.59 bits per heavy atom. The van der Waals surface area contributed by atoms with Crippen LogP contribution in [0.5, 0.6) is 0 Å². The monoisotopic (exact) mass is 303 g/mol. The van der Waals surface area contributed by atoms with Gasteiger partial charge in [-0.3, -0.25) is 4.79 Å².